The number of aldehydes is 1. The predicted molar refractivity (Wildman–Crippen MR) is 63.9 cm³/mol. The zero-order chi connectivity index (χ0) is 11.5. The molecule has 0 amide bonds. The molecule has 0 saturated heterocycles. The van der Waals surface area contributed by atoms with Crippen LogP contribution in [0.1, 0.15) is 40.0 Å². The highest BCUT2D eigenvalue weighted by molar-refractivity contribution is 5.49. The molecule has 2 nitrogen and oxygen atoms in total. The average molecular weight is 210 g/mol. The van der Waals surface area contributed by atoms with Crippen molar-refractivity contribution in [2.75, 3.05) is 13.2 Å². The Morgan fingerprint density at radius 2 is 1.87 bits per heavy atom. The maximum Gasteiger partial charge on any atom is 0.122 e. The molecule has 0 N–H and O–H groups in total. The van der Waals surface area contributed by atoms with E-state index < -0.39 is 0 Å². The fourth-order valence-corrected chi connectivity index (χ4v) is 1.11. The van der Waals surface area contributed by atoms with Gasteiger partial charge in [0, 0.05) is 6.42 Å². The SMILES string of the molecule is CC(C)=CCC/C(C)=C/COCCC=O. The van der Waals surface area contributed by atoms with Gasteiger partial charge in [0.25, 0.3) is 0 Å². The van der Waals surface area contributed by atoms with Gasteiger partial charge in [0.1, 0.15) is 6.29 Å². The number of carbonyl (C=O) groups is 1. The van der Waals surface area contributed by atoms with Crippen molar-refractivity contribution < 1.29 is 9.53 Å². The van der Waals surface area contributed by atoms with E-state index in [4.69, 9.17) is 4.74 Å². The van der Waals surface area contributed by atoms with Gasteiger partial charge in [0.15, 0.2) is 0 Å². The molecule has 0 atom stereocenters. The molecule has 0 spiro atoms. The van der Waals surface area contributed by atoms with Crippen LogP contribution in [0.4, 0.5) is 0 Å². The third-order valence-electron chi connectivity index (χ3n) is 2.02. The minimum atomic E-state index is 0.491. The number of hydrogen-bond acceptors (Lipinski definition) is 2. The summed E-state index contributed by atoms with van der Waals surface area (Å²) in [5.41, 5.74) is 2.71. The molecule has 0 aliphatic carbocycles. The molecule has 0 heterocycles. The van der Waals surface area contributed by atoms with Crippen LogP contribution in [0.15, 0.2) is 23.3 Å². The molecular formula is C13H22O2. The van der Waals surface area contributed by atoms with Gasteiger partial charge in [-0.25, -0.2) is 0 Å². The van der Waals surface area contributed by atoms with Crippen LogP contribution in [0, 0.1) is 0 Å². The van der Waals surface area contributed by atoms with Gasteiger partial charge < -0.3 is 9.53 Å². The first-order valence-electron chi connectivity index (χ1n) is 5.47. The molecular weight excluding hydrogens is 188 g/mol. The van der Waals surface area contributed by atoms with Gasteiger partial charge in [-0.3, -0.25) is 0 Å². The van der Waals surface area contributed by atoms with E-state index >= 15 is 0 Å². The number of hydrogen-bond donors (Lipinski definition) is 0. The van der Waals surface area contributed by atoms with E-state index in [-0.39, 0.29) is 0 Å². The molecule has 0 aliphatic rings. The van der Waals surface area contributed by atoms with Crippen molar-refractivity contribution in [2.45, 2.75) is 40.0 Å². The summed E-state index contributed by atoms with van der Waals surface area (Å²) in [5.74, 6) is 0. The standard InChI is InChI=1S/C13H22O2/c1-12(2)6-4-7-13(3)8-11-15-10-5-9-14/h6,8-9H,4-5,7,10-11H2,1-3H3/b13-8+. The quantitative estimate of drug-likeness (QED) is 0.349. The molecule has 2 heteroatoms. The fourth-order valence-electron chi connectivity index (χ4n) is 1.11. The number of rotatable bonds is 8. The first-order valence-corrected chi connectivity index (χ1v) is 5.47. The second-order valence-electron chi connectivity index (χ2n) is 3.90. The van der Waals surface area contributed by atoms with Crippen molar-refractivity contribution in [3.8, 4) is 0 Å². The molecule has 15 heavy (non-hydrogen) atoms. The summed E-state index contributed by atoms with van der Waals surface area (Å²) in [5, 5.41) is 0. The van der Waals surface area contributed by atoms with Gasteiger partial charge in [-0.05, 0) is 33.6 Å². The van der Waals surface area contributed by atoms with E-state index in [0.717, 1.165) is 19.1 Å². The van der Waals surface area contributed by atoms with Crippen LogP contribution in [-0.2, 0) is 9.53 Å². The zero-order valence-corrected chi connectivity index (χ0v) is 10.1. The van der Waals surface area contributed by atoms with Crippen LogP contribution < -0.4 is 0 Å². The Bertz CT molecular complexity index is 223. The minimum absolute atomic E-state index is 0.491. The Morgan fingerprint density at radius 1 is 1.13 bits per heavy atom. The Hall–Kier alpha value is -0.890. The maximum atomic E-state index is 10.0. The molecule has 0 aromatic rings. The van der Waals surface area contributed by atoms with Crippen LogP contribution >= 0.6 is 0 Å². The molecule has 0 bridgehead atoms. The van der Waals surface area contributed by atoms with Crippen LogP contribution in [0.2, 0.25) is 0 Å². The molecule has 0 rings (SSSR count). The molecule has 0 radical (unpaired) electrons. The largest absolute Gasteiger partial charge is 0.377 e. The molecule has 0 aromatic carbocycles. The second kappa shape index (κ2) is 9.66. The van der Waals surface area contributed by atoms with Crippen LogP contribution in [0.25, 0.3) is 0 Å². The summed E-state index contributed by atoms with van der Waals surface area (Å²) in [4.78, 5) is 10.0. The van der Waals surface area contributed by atoms with E-state index in [0.29, 0.717) is 19.6 Å². The van der Waals surface area contributed by atoms with Crippen molar-refractivity contribution in [1.29, 1.82) is 0 Å². The van der Waals surface area contributed by atoms with E-state index in [2.05, 4.69) is 32.9 Å². The van der Waals surface area contributed by atoms with Gasteiger partial charge >= 0.3 is 0 Å². The van der Waals surface area contributed by atoms with Crippen LogP contribution in [0.5, 0.6) is 0 Å². The Kier molecular flexibility index (Phi) is 9.08. The van der Waals surface area contributed by atoms with E-state index in [1.54, 1.807) is 0 Å². The van der Waals surface area contributed by atoms with E-state index in [1.807, 2.05) is 0 Å². The third-order valence-corrected chi connectivity index (χ3v) is 2.02. The Labute approximate surface area is 93.0 Å². The summed E-state index contributed by atoms with van der Waals surface area (Å²) in [6.07, 6.45) is 7.88. The fraction of sp³-hybridized carbons (Fsp3) is 0.615. The second-order valence-corrected chi connectivity index (χ2v) is 3.90. The van der Waals surface area contributed by atoms with Crippen LogP contribution in [-0.4, -0.2) is 19.5 Å². The summed E-state index contributed by atoms with van der Waals surface area (Å²) >= 11 is 0. The van der Waals surface area contributed by atoms with Crippen molar-refractivity contribution in [2.24, 2.45) is 0 Å². The summed E-state index contributed by atoms with van der Waals surface area (Å²) in [6, 6.07) is 0. The molecule has 0 aliphatic heterocycles. The smallest absolute Gasteiger partial charge is 0.122 e. The van der Waals surface area contributed by atoms with Crippen molar-refractivity contribution in [3.63, 3.8) is 0 Å². The highest BCUT2D eigenvalue weighted by atomic mass is 16.5. The summed E-state index contributed by atoms with van der Waals surface area (Å²) in [6.45, 7) is 7.49. The number of carbonyl (C=O) groups excluding carboxylic acids is 1. The third kappa shape index (κ3) is 11.0. The molecule has 86 valence electrons. The van der Waals surface area contributed by atoms with Crippen molar-refractivity contribution >= 4 is 6.29 Å². The average Bonchev–Trinajstić information content (AvgIpc) is 2.17. The Morgan fingerprint density at radius 3 is 2.47 bits per heavy atom. The summed E-state index contributed by atoms with van der Waals surface area (Å²) < 4.78 is 5.25. The topological polar surface area (TPSA) is 26.3 Å². The zero-order valence-electron chi connectivity index (χ0n) is 10.1. The molecule has 0 fully saturated rings. The first-order chi connectivity index (χ1) is 7.16. The predicted octanol–water partition coefficient (Wildman–Crippen LogP) is 3.28. The normalized spacial score (nSPS) is 11.3. The summed E-state index contributed by atoms with van der Waals surface area (Å²) in [7, 11) is 0. The van der Waals surface area contributed by atoms with Gasteiger partial charge in [-0.2, -0.15) is 0 Å². The maximum absolute atomic E-state index is 10.0. The van der Waals surface area contributed by atoms with Crippen molar-refractivity contribution in [1.82, 2.24) is 0 Å². The van der Waals surface area contributed by atoms with Gasteiger partial charge in [0.2, 0.25) is 0 Å². The lowest BCUT2D eigenvalue weighted by molar-refractivity contribution is -0.108. The van der Waals surface area contributed by atoms with Gasteiger partial charge in [0.05, 0.1) is 13.2 Å². The first kappa shape index (κ1) is 14.1. The molecule has 0 saturated carbocycles. The monoisotopic (exact) mass is 210 g/mol. The van der Waals surface area contributed by atoms with Gasteiger partial charge in [-0.15, -0.1) is 0 Å². The number of allylic oxidation sites excluding steroid dienone is 3. The lowest BCUT2D eigenvalue weighted by Crippen LogP contribution is -1.95. The molecule has 0 aromatic heterocycles. The Balaban J connectivity index is 3.52. The lowest BCUT2D eigenvalue weighted by Gasteiger charge is -2.00. The molecule has 0 unspecified atom stereocenters. The van der Waals surface area contributed by atoms with E-state index in [1.165, 1.54) is 11.1 Å². The highest BCUT2D eigenvalue weighted by Crippen LogP contribution is 2.06. The lowest BCUT2D eigenvalue weighted by atomic mass is 10.1. The van der Waals surface area contributed by atoms with Crippen molar-refractivity contribution in [3.05, 3.63) is 23.3 Å². The highest BCUT2D eigenvalue weighted by Gasteiger charge is 1.89. The van der Waals surface area contributed by atoms with Gasteiger partial charge in [-0.1, -0.05) is 23.3 Å². The van der Waals surface area contributed by atoms with E-state index in [9.17, 15) is 4.79 Å². The minimum Gasteiger partial charge on any atom is -0.377 e. The van der Waals surface area contributed by atoms with Crippen LogP contribution in [0.3, 0.4) is 0 Å². The number of ether oxygens (including phenoxy) is 1.